The lowest BCUT2D eigenvalue weighted by molar-refractivity contribution is 0.0686. The first-order valence-corrected chi connectivity index (χ1v) is 10.4. The molecular formula is C28H28O8Si. The van der Waals surface area contributed by atoms with Gasteiger partial charge in [0.2, 0.25) is 0 Å². The minimum absolute atomic E-state index is 0. The third-order valence-electron chi connectivity index (χ3n) is 4.08. The van der Waals surface area contributed by atoms with E-state index in [2.05, 4.69) is 0 Å². The second kappa shape index (κ2) is 18.3. The summed E-state index contributed by atoms with van der Waals surface area (Å²) < 4.78 is 0. The predicted molar refractivity (Wildman–Crippen MR) is 145 cm³/mol. The van der Waals surface area contributed by atoms with Crippen LogP contribution in [0, 0.1) is 0 Å². The second-order valence-electron chi connectivity index (χ2n) is 6.68. The van der Waals surface area contributed by atoms with E-state index in [0.29, 0.717) is 22.3 Å². The summed E-state index contributed by atoms with van der Waals surface area (Å²) in [6.07, 6.45) is 0. The van der Waals surface area contributed by atoms with E-state index >= 15 is 0 Å². The van der Waals surface area contributed by atoms with Crippen LogP contribution in [0.1, 0.15) is 41.4 Å². The molecule has 9 heteroatoms. The average molecular weight is 521 g/mol. The molecule has 4 N–H and O–H groups in total. The zero-order chi connectivity index (χ0) is 26.8. The van der Waals surface area contributed by atoms with Crippen LogP contribution in [-0.2, 0) is 0 Å². The Hall–Kier alpha value is -5.02. The fourth-order valence-electron chi connectivity index (χ4n) is 2.32. The second-order valence-corrected chi connectivity index (χ2v) is 6.68. The smallest absolute Gasteiger partial charge is 0.335 e. The highest BCUT2D eigenvalue weighted by Gasteiger charge is 1.98. The molecule has 4 aromatic rings. The van der Waals surface area contributed by atoms with Crippen LogP contribution in [0.3, 0.4) is 0 Å². The molecule has 0 aliphatic carbocycles. The van der Waals surface area contributed by atoms with E-state index in [1.54, 1.807) is 121 Å². The average Bonchev–Trinajstić information content (AvgIpc) is 2.92. The molecule has 4 aromatic carbocycles. The van der Waals surface area contributed by atoms with E-state index in [-0.39, 0.29) is 11.0 Å². The van der Waals surface area contributed by atoms with Gasteiger partial charge in [0.25, 0.3) is 0 Å². The lowest BCUT2D eigenvalue weighted by Crippen LogP contribution is -1.93. The Morgan fingerprint density at radius 2 is 0.459 bits per heavy atom. The normalized spacial score (nSPS) is 8.65. The summed E-state index contributed by atoms with van der Waals surface area (Å²) in [5, 5.41) is 33.5. The van der Waals surface area contributed by atoms with Crippen molar-refractivity contribution in [1.82, 2.24) is 0 Å². The highest BCUT2D eigenvalue weighted by atomic mass is 28.1. The first kappa shape index (κ1) is 32.0. The molecule has 0 heterocycles. The van der Waals surface area contributed by atoms with Crippen molar-refractivity contribution in [3.63, 3.8) is 0 Å². The Labute approximate surface area is 218 Å². The quantitative estimate of drug-likeness (QED) is 0.294. The van der Waals surface area contributed by atoms with Crippen molar-refractivity contribution < 1.29 is 39.6 Å². The van der Waals surface area contributed by atoms with Gasteiger partial charge in [-0.1, -0.05) is 72.8 Å². The number of carboxylic acid groups (broad SMARTS) is 4. The molecule has 0 aromatic heterocycles. The molecule has 8 nitrogen and oxygen atoms in total. The molecule has 0 aliphatic rings. The van der Waals surface area contributed by atoms with Crippen LogP contribution >= 0.6 is 0 Å². The molecule has 0 atom stereocenters. The van der Waals surface area contributed by atoms with Crippen molar-refractivity contribution >= 4 is 34.8 Å². The molecular weight excluding hydrogens is 492 g/mol. The van der Waals surface area contributed by atoms with Crippen LogP contribution in [0.2, 0.25) is 0 Å². The topological polar surface area (TPSA) is 149 Å². The molecule has 192 valence electrons. The molecule has 0 unspecified atom stereocenters. The fourth-order valence-corrected chi connectivity index (χ4v) is 2.32. The number of benzene rings is 4. The van der Waals surface area contributed by atoms with Gasteiger partial charge in [0, 0.05) is 0 Å². The minimum Gasteiger partial charge on any atom is -0.478 e. The third kappa shape index (κ3) is 14.1. The van der Waals surface area contributed by atoms with Gasteiger partial charge in [-0.2, -0.15) is 0 Å². The van der Waals surface area contributed by atoms with Gasteiger partial charge >= 0.3 is 23.9 Å². The van der Waals surface area contributed by atoms with E-state index in [1.165, 1.54) is 0 Å². The van der Waals surface area contributed by atoms with Crippen LogP contribution in [0.4, 0.5) is 0 Å². The van der Waals surface area contributed by atoms with Crippen molar-refractivity contribution in [1.29, 1.82) is 0 Å². The van der Waals surface area contributed by atoms with E-state index in [0.717, 1.165) is 0 Å². The minimum atomic E-state index is -0.879. The lowest BCUT2D eigenvalue weighted by atomic mass is 10.2. The molecule has 0 fully saturated rings. The fraction of sp³-hybridized carbons (Fsp3) is 0. The monoisotopic (exact) mass is 520 g/mol. The van der Waals surface area contributed by atoms with Crippen molar-refractivity contribution in [2.45, 2.75) is 0 Å². The van der Waals surface area contributed by atoms with Crippen LogP contribution in [-0.4, -0.2) is 55.3 Å². The summed E-state index contributed by atoms with van der Waals surface area (Å²) >= 11 is 0. The SMILES string of the molecule is O=C(O)c1ccccc1.O=C(O)c1ccccc1.O=C(O)c1ccccc1.O=C(O)c1ccccc1.[SiH4]. The summed E-state index contributed by atoms with van der Waals surface area (Å²) in [4.78, 5) is 40.8. The Balaban J connectivity index is 0.000000463. The number of carboxylic acids is 4. The first-order valence-electron chi connectivity index (χ1n) is 10.4. The molecule has 0 saturated heterocycles. The maximum atomic E-state index is 10.2. The van der Waals surface area contributed by atoms with Gasteiger partial charge in [-0.05, 0) is 59.5 Å². The maximum Gasteiger partial charge on any atom is 0.335 e. The summed E-state index contributed by atoms with van der Waals surface area (Å²) in [7, 11) is 0. The summed E-state index contributed by atoms with van der Waals surface area (Å²) in [6, 6.07) is 33.2. The summed E-state index contributed by atoms with van der Waals surface area (Å²) in [6.45, 7) is 0. The molecule has 0 spiro atoms. The van der Waals surface area contributed by atoms with E-state index < -0.39 is 23.9 Å². The molecule has 0 aliphatic heterocycles. The van der Waals surface area contributed by atoms with Crippen LogP contribution in [0.25, 0.3) is 0 Å². The molecule has 0 radical (unpaired) electrons. The summed E-state index contributed by atoms with van der Waals surface area (Å²) in [5.74, 6) is -3.52. The molecule has 0 amide bonds. The number of hydrogen-bond acceptors (Lipinski definition) is 4. The number of hydrogen-bond donors (Lipinski definition) is 4. The molecule has 37 heavy (non-hydrogen) atoms. The zero-order valence-electron chi connectivity index (χ0n) is 19.0. The van der Waals surface area contributed by atoms with Gasteiger partial charge in [0.1, 0.15) is 0 Å². The van der Waals surface area contributed by atoms with Crippen molar-refractivity contribution in [3.8, 4) is 0 Å². The van der Waals surface area contributed by atoms with E-state index in [4.69, 9.17) is 20.4 Å². The zero-order valence-corrected chi connectivity index (χ0v) is 19.0. The van der Waals surface area contributed by atoms with Crippen LogP contribution in [0.15, 0.2) is 121 Å². The number of rotatable bonds is 4. The number of aromatic carboxylic acids is 4. The largest absolute Gasteiger partial charge is 0.478 e. The Bertz CT molecular complexity index is 1020. The summed E-state index contributed by atoms with van der Waals surface area (Å²) in [5.41, 5.74) is 1.32. The Morgan fingerprint density at radius 1 is 0.324 bits per heavy atom. The van der Waals surface area contributed by atoms with Crippen molar-refractivity contribution in [2.24, 2.45) is 0 Å². The first-order chi connectivity index (χ1) is 17.2. The lowest BCUT2D eigenvalue weighted by Gasteiger charge is -1.88. The van der Waals surface area contributed by atoms with E-state index in [9.17, 15) is 19.2 Å². The van der Waals surface area contributed by atoms with Gasteiger partial charge in [-0.3, -0.25) is 0 Å². The standard InChI is InChI=1S/4C7H6O2.H4Si/c4*8-7(9)6-4-2-1-3-5-6;/h4*1-5H,(H,8,9);1H4. The molecule has 4 rings (SSSR count). The highest BCUT2D eigenvalue weighted by Crippen LogP contribution is 1.98. The van der Waals surface area contributed by atoms with Crippen LogP contribution in [0.5, 0.6) is 0 Å². The van der Waals surface area contributed by atoms with Gasteiger partial charge in [-0.25, -0.2) is 19.2 Å². The van der Waals surface area contributed by atoms with Crippen LogP contribution < -0.4 is 0 Å². The molecule has 0 saturated carbocycles. The van der Waals surface area contributed by atoms with Crippen molar-refractivity contribution in [3.05, 3.63) is 144 Å². The number of carbonyl (C=O) groups is 4. The van der Waals surface area contributed by atoms with Gasteiger partial charge in [0.05, 0.1) is 22.3 Å². The van der Waals surface area contributed by atoms with Gasteiger partial charge in [-0.15, -0.1) is 0 Å². The highest BCUT2D eigenvalue weighted by molar-refractivity contribution is 5.88. The van der Waals surface area contributed by atoms with Crippen molar-refractivity contribution in [2.75, 3.05) is 0 Å². The van der Waals surface area contributed by atoms with Gasteiger partial charge < -0.3 is 20.4 Å². The Morgan fingerprint density at radius 3 is 0.541 bits per heavy atom. The van der Waals surface area contributed by atoms with Gasteiger partial charge in [0.15, 0.2) is 0 Å². The maximum absolute atomic E-state index is 10.2. The molecule has 0 bridgehead atoms. The van der Waals surface area contributed by atoms with E-state index in [1.807, 2.05) is 0 Å². The Kier molecular flexibility index (Phi) is 15.8. The third-order valence-corrected chi connectivity index (χ3v) is 4.08. The predicted octanol–water partition coefficient (Wildman–Crippen LogP) is 4.09.